The molecule has 0 spiro atoms. The van der Waals surface area contributed by atoms with Crippen molar-refractivity contribution >= 4 is 34.0 Å². The van der Waals surface area contributed by atoms with E-state index in [1.165, 1.54) is 0 Å². The quantitative estimate of drug-likeness (QED) is 0.442. The number of nitrogens with one attached hydrogen (secondary N) is 3. The van der Waals surface area contributed by atoms with Crippen molar-refractivity contribution in [2.45, 2.75) is 31.8 Å². The first-order valence-corrected chi connectivity index (χ1v) is 11.2. The summed E-state index contributed by atoms with van der Waals surface area (Å²) in [5, 5.41) is 11.0. The Morgan fingerprint density at radius 1 is 0.853 bits per heavy atom. The lowest BCUT2D eigenvalue weighted by molar-refractivity contribution is -0.158. The van der Waals surface area contributed by atoms with Crippen molar-refractivity contribution < 1.29 is 23.8 Å². The summed E-state index contributed by atoms with van der Waals surface area (Å²) < 4.78 is 16.8. The standard InChI is InChI=1S/C26H29N3O5/c1-26(2)33-22(24(30)28-14-13-27-19-9-6-10-21(16-19)32-3)23(34-26)25(31)29-20-12-11-17-7-4-5-8-18(17)15-20/h4-12,15-16,22-23,27H,13-14H2,1-3H3,(H,28,30)(H,29,31)/t22-,23-/m1/s1. The van der Waals surface area contributed by atoms with Gasteiger partial charge in [0, 0.05) is 30.5 Å². The highest BCUT2D eigenvalue weighted by molar-refractivity contribution is 6.00. The van der Waals surface area contributed by atoms with E-state index in [4.69, 9.17) is 14.2 Å². The monoisotopic (exact) mass is 463 g/mol. The largest absolute Gasteiger partial charge is 0.497 e. The average molecular weight is 464 g/mol. The van der Waals surface area contributed by atoms with Gasteiger partial charge in [-0.15, -0.1) is 0 Å². The van der Waals surface area contributed by atoms with Gasteiger partial charge in [-0.3, -0.25) is 9.59 Å². The molecule has 1 fully saturated rings. The lowest BCUT2D eigenvalue weighted by atomic mass is 10.1. The van der Waals surface area contributed by atoms with E-state index < -0.39 is 29.8 Å². The van der Waals surface area contributed by atoms with E-state index in [9.17, 15) is 9.59 Å². The van der Waals surface area contributed by atoms with Gasteiger partial charge in [0.05, 0.1) is 7.11 Å². The Morgan fingerprint density at radius 3 is 2.35 bits per heavy atom. The first-order valence-electron chi connectivity index (χ1n) is 11.2. The number of ether oxygens (including phenoxy) is 3. The molecule has 34 heavy (non-hydrogen) atoms. The minimum Gasteiger partial charge on any atom is -0.497 e. The number of fused-ring (bicyclic) bond motifs is 1. The van der Waals surface area contributed by atoms with Crippen LogP contribution in [0.4, 0.5) is 11.4 Å². The number of methoxy groups -OCH3 is 1. The van der Waals surface area contributed by atoms with Crippen molar-refractivity contribution in [3.63, 3.8) is 0 Å². The summed E-state index contributed by atoms with van der Waals surface area (Å²) in [6.07, 6.45) is -2.14. The average Bonchev–Trinajstić information content (AvgIpc) is 3.17. The lowest BCUT2D eigenvalue weighted by Gasteiger charge is -2.17. The van der Waals surface area contributed by atoms with Crippen LogP contribution in [0.1, 0.15) is 13.8 Å². The second-order valence-electron chi connectivity index (χ2n) is 8.48. The normalized spacial score (nSPS) is 18.9. The molecule has 8 nitrogen and oxygen atoms in total. The fourth-order valence-electron chi connectivity index (χ4n) is 3.85. The predicted molar refractivity (Wildman–Crippen MR) is 131 cm³/mol. The van der Waals surface area contributed by atoms with Crippen LogP contribution in [0.3, 0.4) is 0 Å². The fraction of sp³-hybridized carbons (Fsp3) is 0.308. The van der Waals surface area contributed by atoms with Crippen LogP contribution in [0, 0.1) is 0 Å². The summed E-state index contributed by atoms with van der Waals surface area (Å²) in [6, 6.07) is 21.0. The molecular weight excluding hydrogens is 434 g/mol. The molecular formula is C26H29N3O5. The lowest BCUT2D eigenvalue weighted by Crippen LogP contribution is -2.46. The molecule has 0 radical (unpaired) electrons. The number of amides is 2. The molecule has 0 aliphatic carbocycles. The van der Waals surface area contributed by atoms with Crippen LogP contribution in [0.2, 0.25) is 0 Å². The van der Waals surface area contributed by atoms with Gasteiger partial charge in [-0.25, -0.2) is 0 Å². The number of rotatable bonds is 8. The maximum atomic E-state index is 13.0. The van der Waals surface area contributed by atoms with Gasteiger partial charge in [0.2, 0.25) is 0 Å². The Bertz CT molecular complexity index is 1180. The molecule has 3 aromatic carbocycles. The molecule has 1 heterocycles. The summed E-state index contributed by atoms with van der Waals surface area (Å²) in [5.41, 5.74) is 1.50. The number of carbonyl (C=O) groups excluding carboxylic acids is 2. The second kappa shape index (κ2) is 10.1. The third-order valence-electron chi connectivity index (χ3n) is 5.45. The molecule has 1 saturated heterocycles. The van der Waals surface area contributed by atoms with Crippen LogP contribution in [0.15, 0.2) is 66.7 Å². The van der Waals surface area contributed by atoms with Crippen LogP contribution in [0.25, 0.3) is 10.8 Å². The second-order valence-corrected chi connectivity index (χ2v) is 8.48. The Kier molecular flexibility index (Phi) is 7.00. The van der Waals surface area contributed by atoms with Crippen LogP contribution in [0.5, 0.6) is 5.75 Å². The van der Waals surface area contributed by atoms with Crippen molar-refractivity contribution in [1.82, 2.24) is 5.32 Å². The first kappa shape index (κ1) is 23.5. The SMILES string of the molecule is COc1cccc(NCCNC(=O)[C@@H]2OC(C)(C)O[C@H]2C(=O)Nc2ccc3ccccc3c2)c1. The van der Waals surface area contributed by atoms with Gasteiger partial charge in [0.15, 0.2) is 18.0 Å². The number of hydrogen-bond donors (Lipinski definition) is 3. The van der Waals surface area contributed by atoms with Gasteiger partial charge in [0.1, 0.15) is 5.75 Å². The van der Waals surface area contributed by atoms with Crippen LogP contribution < -0.4 is 20.7 Å². The predicted octanol–water partition coefficient (Wildman–Crippen LogP) is 3.54. The number of carbonyl (C=O) groups is 2. The van der Waals surface area contributed by atoms with Gasteiger partial charge < -0.3 is 30.2 Å². The fourth-order valence-corrected chi connectivity index (χ4v) is 3.85. The van der Waals surface area contributed by atoms with Gasteiger partial charge >= 0.3 is 0 Å². The smallest absolute Gasteiger partial charge is 0.256 e. The molecule has 0 aromatic heterocycles. The van der Waals surface area contributed by atoms with Crippen molar-refractivity contribution in [2.75, 3.05) is 30.8 Å². The van der Waals surface area contributed by atoms with Crippen LogP contribution in [-0.2, 0) is 19.1 Å². The highest BCUT2D eigenvalue weighted by Crippen LogP contribution is 2.29. The highest BCUT2D eigenvalue weighted by atomic mass is 16.8. The van der Waals surface area contributed by atoms with Crippen molar-refractivity contribution in [3.05, 3.63) is 66.7 Å². The molecule has 3 N–H and O–H groups in total. The van der Waals surface area contributed by atoms with E-state index in [2.05, 4.69) is 16.0 Å². The summed E-state index contributed by atoms with van der Waals surface area (Å²) in [4.78, 5) is 25.9. The Morgan fingerprint density at radius 2 is 1.59 bits per heavy atom. The molecule has 0 unspecified atom stereocenters. The minimum atomic E-state index is -1.08. The molecule has 2 amide bonds. The Labute approximate surface area is 198 Å². The molecule has 0 bridgehead atoms. The number of benzene rings is 3. The van der Waals surface area contributed by atoms with Gasteiger partial charge in [-0.1, -0.05) is 36.4 Å². The topological polar surface area (TPSA) is 97.9 Å². The third-order valence-corrected chi connectivity index (χ3v) is 5.45. The van der Waals surface area contributed by atoms with Crippen LogP contribution >= 0.6 is 0 Å². The zero-order chi connectivity index (χ0) is 24.1. The van der Waals surface area contributed by atoms with E-state index in [0.29, 0.717) is 18.8 Å². The maximum absolute atomic E-state index is 13.0. The van der Waals surface area contributed by atoms with Gasteiger partial charge in [-0.05, 0) is 48.9 Å². The van der Waals surface area contributed by atoms with Crippen LogP contribution in [-0.4, -0.2) is 50.0 Å². The molecule has 3 aromatic rings. The molecule has 8 heteroatoms. The summed E-state index contributed by atoms with van der Waals surface area (Å²) >= 11 is 0. The van der Waals surface area contributed by atoms with E-state index in [1.807, 2.05) is 66.7 Å². The first-order chi connectivity index (χ1) is 16.3. The molecule has 2 atom stereocenters. The molecule has 0 saturated carbocycles. The molecule has 178 valence electrons. The van der Waals surface area contributed by atoms with Crippen molar-refractivity contribution in [3.8, 4) is 5.75 Å². The van der Waals surface area contributed by atoms with Crippen molar-refractivity contribution in [1.29, 1.82) is 0 Å². The van der Waals surface area contributed by atoms with Gasteiger partial charge in [-0.2, -0.15) is 0 Å². The molecule has 1 aliphatic heterocycles. The summed E-state index contributed by atoms with van der Waals surface area (Å²) in [6.45, 7) is 4.20. The van der Waals surface area contributed by atoms with Gasteiger partial charge in [0.25, 0.3) is 11.8 Å². The highest BCUT2D eigenvalue weighted by Gasteiger charge is 2.48. The number of anilines is 2. The molecule has 1 aliphatic rings. The minimum absolute atomic E-state index is 0.343. The van der Waals surface area contributed by atoms with E-state index in [-0.39, 0.29) is 0 Å². The summed E-state index contributed by atoms with van der Waals surface area (Å²) in [5.74, 6) is -1.16. The molecule has 4 rings (SSSR count). The number of hydrogen-bond acceptors (Lipinski definition) is 6. The van der Waals surface area contributed by atoms with Crippen molar-refractivity contribution in [2.24, 2.45) is 0 Å². The van der Waals surface area contributed by atoms with E-state index in [1.54, 1.807) is 21.0 Å². The zero-order valence-electron chi connectivity index (χ0n) is 19.5. The Balaban J connectivity index is 1.35. The van der Waals surface area contributed by atoms with E-state index >= 15 is 0 Å². The maximum Gasteiger partial charge on any atom is 0.256 e. The third kappa shape index (κ3) is 5.65. The summed E-state index contributed by atoms with van der Waals surface area (Å²) in [7, 11) is 1.61. The van der Waals surface area contributed by atoms with E-state index in [0.717, 1.165) is 22.2 Å². The Hall–Kier alpha value is -3.62. The zero-order valence-corrected chi connectivity index (χ0v) is 19.5.